The molecule has 0 radical (unpaired) electrons. The number of fused-ring (bicyclic) bond motifs is 3. The molecule has 0 aromatic carbocycles. The Labute approximate surface area is 84.0 Å². The van der Waals surface area contributed by atoms with Crippen LogP contribution in [0.25, 0.3) is 0 Å². The van der Waals surface area contributed by atoms with Gasteiger partial charge in [-0.1, -0.05) is 23.7 Å². The van der Waals surface area contributed by atoms with E-state index in [9.17, 15) is 0 Å². The normalized spacial score (nSPS) is 52.6. The molecule has 74 valence electrons. The number of hydrogen-bond donors (Lipinski definition) is 0. The van der Waals surface area contributed by atoms with E-state index >= 15 is 0 Å². The fourth-order valence-electron chi connectivity index (χ4n) is 4.14. The fraction of sp³-hybridized carbons (Fsp3) is 0.750. The number of oxime groups is 1. The molecule has 0 amide bonds. The molecule has 1 heterocycles. The average molecular weight is 189 g/mol. The van der Waals surface area contributed by atoms with E-state index in [1.807, 2.05) is 0 Å². The second-order valence-electron chi connectivity index (χ2n) is 5.20. The second kappa shape index (κ2) is 2.23. The quantitative estimate of drug-likeness (QED) is 0.536. The minimum Gasteiger partial charge on any atom is -0.391 e. The van der Waals surface area contributed by atoms with Crippen LogP contribution in [0.2, 0.25) is 0 Å². The van der Waals surface area contributed by atoms with Crippen LogP contribution < -0.4 is 0 Å². The Kier molecular flexibility index (Phi) is 1.20. The number of hydrogen-bond acceptors (Lipinski definition) is 2. The summed E-state index contributed by atoms with van der Waals surface area (Å²) in [5, 5.41) is 4.35. The SMILES string of the molecule is C1=C[C@H]2C[C@@H]1[C@]13CCCCC1=NO[C@H]23. The smallest absolute Gasteiger partial charge is 0.145 e. The van der Waals surface area contributed by atoms with Crippen molar-refractivity contribution in [1.82, 2.24) is 0 Å². The van der Waals surface area contributed by atoms with Crippen molar-refractivity contribution in [2.45, 2.75) is 38.2 Å². The topological polar surface area (TPSA) is 21.6 Å². The van der Waals surface area contributed by atoms with E-state index in [0.717, 1.165) is 5.92 Å². The molecule has 1 aliphatic heterocycles. The summed E-state index contributed by atoms with van der Waals surface area (Å²) >= 11 is 0. The van der Waals surface area contributed by atoms with E-state index in [2.05, 4.69) is 17.3 Å². The molecule has 0 N–H and O–H groups in total. The first kappa shape index (κ1) is 7.49. The molecule has 0 aromatic heterocycles. The average Bonchev–Trinajstić information content (AvgIpc) is 2.87. The predicted octanol–water partition coefficient (Wildman–Crippen LogP) is 2.51. The third-order valence-electron chi connectivity index (χ3n) is 4.74. The second-order valence-corrected chi connectivity index (χ2v) is 5.20. The highest BCUT2D eigenvalue weighted by molar-refractivity contribution is 5.93. The van der Waals surface area contributed by atoms with Crippen molar-refractivity contribution in [3.05, 3.63) is 12.2 Å². The van der Waals surface area contributed by atoms with Gasteiger partial charge in [-0.25, -0.2) is 0 Å². The molecule has 0 aromatic rings. The Hall–Kier alpha value is -0.790. The molecule has 2 fully saturated rings. The molecular weight excluding hydrogens is 174 g/mol. The van der Waals surface area contributed by atoms with Crippen LogP contribution in [0.5, 0.6) is 0 Å². The van der Waals surface area contributed by atoms with Crippen LogP contribution in [0.3, 0.4) is 0 Å². The predicted molar refractivity (Wildman–Crippen MR) is 53.9 cm³/mol. The molecule has 4 atom stereocenters. The molecule has 4 rings (SSSR count). The Bertz CT molecular complexity index is 346. The van der Waals surface area contributed by atoms with Crippen LogP contribution in [0.15, 0.2) is 17.3 Å². The van der Waals surface area contributed by atoms with Crippen LogP contribution in [-0.2, 0) is 4.84 Å². The minimum absolute atomic E-state index is 0.359. The highest BCUT2D eigenvalue weighted by Crippen LogP contribution is 2.61. The van der Waals surface area contributed by atoms with Gasteiger partial charge in [-0.15, -0.1) is 0 Å². The molecule has 1 spiro atoms. The lowest BCUT2D eigenvalue weighted by atomic mass is 9.64. The van der Waals surface area contributed by atoms with Crippen molar-refractivity contribution in [3.8, 4) is 0 Å². The van der Waals surface area contributed by atoms with Crippen molar-refractivity contribution < 1.29 is 4.84 Å². The molecule has 4 aliphatic rings. The Balaban J connectivity index is 1.86. The lowest BCUT2D eigenvalue weighted by Crippen LogP contribution is -2.43. The summed E-state index contributed by atoms with van der Waals surface area (Å²) in [6.45, 7) is 0. The van der Waals surface area contributed by atoms with Gasteiger partial charge in [0.05, 0.1) is 11.1 Å². The maximum Gasteiger partial charge on any atom is 0.145 e. The summed E-state index contributed by atoms with van der Waals surface area (Å²) < 4.78 is 0. The standard InChI is InChI=1S/C12H15NO/c1-2-6-12-9-5-4-8(7-9)11(12)14-13-10(12)3-1/h4-5,8-9,11H,1-3,6-7H2/t8-,9+,11+,12+/m0/s1. The van der Waals surface area contributed by atoms with E-state index in [4.69, 9.17) is 4.84 Å². The summed E-state index contributed by atoms with van der Waals surface area (Å²) in [7, 11) is 0. The summed E-state index contributed by atoms with van der Waals surface area (Å²) in [4.78, 5) is 5.69. The maximum atomic E-state index is 5.69. The molecule has 14 heavy (non-hydrogen) atoms. The van der Waals surface area contributed by atoms with Gasteiger partial charge in [-0.3, -0.25) is 0 Å². The van der Waals surface area contributed by atoms with Crippen molar-refractivity contribution in [2.75, 3.05) is 0 Å². The molecule has 2 saturated carbocycles. The van der Waals surface area contributed by atoms with Gasteiger partial charge in [0, 0.05) is 5.92 Å². The highest BCUT2D eigenvalue weighted by atomic mass is 16.6. The van der Waals surface area contributed by atoms with Crippen molar-refractivity contribution in [3.63, 3.8) is 0 Å². The van der Waals surface area contributed by atoms with Crippen molar-refractivity contribution >= 4 is 5.71 Å². The highest BCUT2D eigenvalue weighted by Gasteiger charge is 2.63. The molecule has 2 bridgehead atoms. The molecule has 2 heteroatoms. The molecular formula is C12H15NO. The Morgan fingerprint density at radius 3 is 3.36 bits per heavy atom. The zero-order valence-corrected chi connectivity index (χ0v) is 8.28. The fourth-order valence-corrected chi connectivity index (χ4v) is 4.14. The lowest BCUT2D eigenvalue weighted by molar-refractivity contribution is 0.0104. The van der Waals surface area contributed by atoms with E-state index in [1.54, 1.807) is 0 Å². The van der Waals surface area contributed by atoms with Gasteiger partial charge in [0.25, 0.3) is 0 Å². The van der Waals surface area contributed by atoms with Crippen LogP contribution in [0.1, 0.15) is 32.1 Å². The zero-order valence-electron chi connectivity index (χ0n) is 8.28. The first-order valence-corrected chi connectivity index (χ1v) is 5.83. The third-order valence-corrected chi connectivity index (χ3v) is 4.74. The van der Waals surface area contributed by atoms with Gasteiger partial charge >= 0.3 is 0 Å². The Morgan fingerprint density at radius 2 is 2.36 bits per heavy atom. The minimum atomic E-state index is 0.359. The lowest BCUT2D eigenvalue weighted by Gasteiger charge is -2.38. The Morgan fingerprint density at radius 1 is 1.36 bits per heavy atom. The summed E-state index contributed by atoms with van der Waals surface area (Å²) in [5.74, 6) is 1.42. The van der Waals surface area contributed by atoms with Crippen LogP contribution in [-0.4, -0.2) is 11.8 Å². The summed E-state index contributed by atoms with van der Waals surface area (Å²) in [6, 6.07) is 0. The van der Waals surface area contributed by atoms with Gasteiger partial charge in [0.15, 0.2) is 0 Å². The monoisotopic (exact) mass is 189 g/mol. The summed E-state index contributed by atoms with van der Waals surface area (Å²) in [6.07, 6.45) is 11.7. The van der Waals surface area contributed by atoms with E-state index in [0.29, 0.717) is 17.4 Å². The molecule has 3 aliphatic carbocycles. The van der Waals surface area contributed by atoms with Gasteiger partial charge in [-0.05, 0) is 31.6 Å². The first-order chi connectivity index (χ1) is 6.91. The van der Waals surface area contributed by atoms with E-state index < -0.39 is 0 Å². The molecule has 0 unspecified atom stereocenters. The zero-order chi connectivity index (χ0) is 9.17. The van der Waals surface area contributed by atoms with Crippen molar-refractivity contribution in [1.29, 1.82) is 0 Å². The number of rotatable bonds is 0. The molecule has 0 saturated heterocycles. The van der Waals surface area contributed by atoms with E-state index in [1.165, 1.54) is 37.8 Å². The van der Waals surface area contributed by atoms with Crippen LogP contribution in [0.4, 0.5) is 0 Å². The van der Waals surface area contributed by atoms with Gasteiger partial charge in [0.1, 0.15) is 6.10 Å². The number of allylic oxidation sites excluding steroid dienone is 1. The third kappa shape index (κ3) is 0.626. The largest absolute Gasteiger partial charge is 0.391 e. The van der Waals surface area contributed by atoms with Crippen molar-refractivity contribution in [2.24, 2.45) is 22.4 Å². The van der Waals surface area contributed by atoms with Crippen LogP contribution in [0, 0.1) is 17.3 Å². The van der Waals surface area contributed by atoms with Crippen LogP contribution >= 0.6 is 0 Å². The number of nitrogens with zero attached hydrogens (tertiary/aromatic N) is 1. The van der Waals surface area contributed by atoms with Gasteiger partial charge < -0.3 is 4.84 Å². The summed E-state index contributed by atoms with van der Waals surface area (Å²) in [5.41, 5.74) is 1.75. The van der Waals surface area contributed by atoms with E-state index in [-0.39, 0.29) is 0 Å². The molecule has 2 nitrogen and oxygen atoms in total. The first-order valence-electron chi connectivity index (χ1n) is 5.83. The maximum absolute atomic E-state index is 5.69. The van der Waals surface area contributed by atoms with Gasteiger partial charge in [0.2, 0.25) is 0 Å². The van der Waals surface area contributed by atoms with Gasteiger partial charge in [-0.2, -0.15) is 0 Å².